The molecule has 1 atom stereocenters. The molecule has 0 aromatic heterocycles. The maximum atomic E-state index is 13.1. The molecular formula is C9H9ClF3N. The van der Waals surface area contributed by atoms with Gasteiger partial charge in [-0.05, 0) is 12.1 Å². The summed E-state index contributed by atoms with van der Waals surface area (Å²) in [5, 5.41) is 0.218. The Morgan fingerprint density at radius 3 is 2.50 bits per heavy atom. The van der Waals surface area contributed by atoms with Crippen LogP contribution in [0.2, 0.25) is 5.02 Å². The zero-order chi connectivity index (χ0) is 10.7. The quantitative estimate of drug-likeness (QED) is 0.837. The van der Waals surface area contributed by atoms with E-state index in [9.17, 15) is 13.2 Å². The number of rotatable bonds is 3. The van der Waals surface area contributed by atoms with Crippen LogP contribution in [0.3, 0.4) is 0 Å². The van der Waals surface area contributed by atoms with Gasteiger partial charge in [0.05, 0.1) is 0 Å². The lowest BCUT2D eigenvalue weighted by molar-refractivity contribution is 0.128. The minimum absolute atomic E-state index is 0.0645. The summed E-state index contributed by atoms with van der Waals surface area (Å²) >= 11 is 5.50. The second-order valence-corrected chi connectivity index (χ2v) is 3.34. The van der Waals surface area contributed by atoms with Crippen molar-refractivity contribution in [2.24, 2.45) is 5.73 Å². The Morgan fingerprint density at radius 2 is 2.00 bits per heavy atom. The molecule has 78 valence electrons. The summed E-state index contributed by atoms with van der Waals surface area (Å²) < 4.78 is 37.0. The maximum absolute atomic E-state index is 13.1. The van der Waals surface area contributed by atoms with Gasteiger partial charge in [-0.2, -0.15) is 0 Å². The first-order chi connectivity index (χ1) is 6.50. The number of benzene rings is 1. The molecule has 0 aliphatic heterocycles. The molecular weight excluding hydrogens is 215 g/mol. The minimum Gasteiger partial charge on any atom is -0.324 e. The van der Waals surface area contributed by atoms with Crippen molar-refractivity contribution >= 4 is 11.6 Å². The van der Waals surface area contributed by atoms with Crippen LogP contribution in [-0.2, 0) is 0 Å². The van der Waals surface area contributed by atoms with Gasteiger partial charge in [0.15, 0.2) is 0 Å². The van der Waals surface area contributed by atoms with Crippen LogP contribution in [0.5, 0.6) is 0 Å². The van der Waals surface area contributed by atoms with Crippen LogP contribution >= 0.6 is 11.6 Å². The Morgan fingerprint density at radius 1 is 1.36 bits per heavy atom. The summed E-state index contributed by atoms with van der Waals surface area (Å²) in [5.41, 5.74) is 5.45. The largest absolute Gasteiger partial charge is 0.324 e. The fraction of sp³-hybridized carbons (Fsp3) is 0.333. The standard InChI is InChI=1S/C9H9ClF3N/c10-5-1-2-6(7(11)3-5)8(14)4-9(12)13/h1-3,8-9H,4,14H2/t8-/m0/s1. The van der Waals surface area contributed by atoms with Gasteiger partial charge in [0.25, 0.3) is 0 Å². The zero-order valence-electron chi connectivity index (χ0n) is 7.18. The lowest BCUT2D eigenvalue weighted by Crippen LogP contribution is -2.15. The third kappa shape index (κ3) is 2.89. The van der Waals surface area contributed by atoms with E-state index in [1.54, 1.807) is 0 Å². The molecule has 1 rings (SSSR count). The van der Waals surface area contributed by atoms with E-state index in [2.05, 4.69) is 0 Å². The molecule has 0 heterocycles. The van der Waals surface area contributed by atoms with E-state index < -0.39 is 24.7 Å². The van der Waals surface area contributed by atoms with Crippen LogP contribution < -0.4 is 5.73 Å². The fourth-order valence-electron chi connectivity index (χ4n) is 1.12. The lowest BCUT2D eigenvalue weighted by atomic mass is 10.0. The summed E-state index contributed by atoms with van der Waals surface area (Å²) in [6.45, 7) is 0. The SMILES string of the molecule is N[C@@H](CC(F)F)c1ccc(Cl)cc1F. The summed E-state index contributed by atoms with van der Waals surface area (Å²) in [6, 6.07) is 2.81. The second kappa shape index (κ2) is 4.66. The van der Waals surface area contributed by atoms with Crippen molar-refractivity contribution in [2.45, 2.75) is 18.9 Å². The Hall–Kier alpha value is -0.740. The molecule has 1 aromatic carbocycles. The average Bonchev–Trinajstić information content (AvgIpc) is 2.01. The molecule has 0 unspecified atom stereocenters. The minimum atomic E-state index is -2.54. The lowest BCUT2D eigenvalue weighted by Gasteiger charge is -2.12. The molecule has 0 radical (unpaired) electrons. The predicted octanol–water partition coefficient (Wildman–Crippen LogP) is 3.13. The monoisotopic (exact) mass is 223 g/mol. The van der Waals surface area contributed by atoms with Crippen molar-refractivity contribution in [1.82, 2.24) is 0 Å². The number of hydrogen-bond acceptors (Lipinski definition) is 1. The summed E-state index contributed by atoms with van der Waals surface area (Å²) in [4.78, 5) is 0. The summed E-state index contributed by atoms with van der Waals surface area (Å²) in [7, 11) is 0. The fourth-order valence-corrected chi connectivity index (χ4v) is 1.28. The van der Waals surface area contributed by atoms with Crippen LogP contribution in [0.1, 0.15) is 18.0 Å². The van der Waals surface area contributed by atoms with E-state index in [0.29, 0.717) is 0 Å². The molecule has 0 bridgehead atoms. The molecule has 0 saturated carbocycles. The van der Waals surface area contributed by atoms with E-state index in [0.717, 1.165) is 6.07 Å². The Bertz CT molecular complexity index is 317. The average molecular weight is 224 g/mol. The third-order valence-electron chi connectivity index (χ3n) is 1.79. The van der Waals surface area contributed by atoms with Crippen molar-refractivity contribution < 1.29 is 13.2 Å². The molecule has 5 heteroatoms. The molecule has 1 aromatic rings. The Kier molecular flexibility index (Phi) is 3.77. The van der Waals surface area contributed by atoms with E-state index in [-0.39, 0.29) is 10.6 Å². The third-order valence-corrected chi connectivity index (χ3v) is 2.03. The van der Waals surface area contributed by atoms with Crippen molar-refractivity contribution in [3.8, 4) is 0 Å². The molecule has 14 heavy (non-hydrogen) atoms. The molecule has 0 aliphatic rings. The number of nitrogens with two attached hydrogens (primary N) is 1. The normalized spacial score (nSPS) is 13.3. The molecule has 0 spiro atoms. The Balaban J connectivity index is 2.84. The van der Waals surface area contributed by atoms with Crippen LogP contribution in [0.4, 0.5) is 13.2 Å². The highest BCUT2D eigenvalue weighted by Crippen LogP contribution is 2.23. The van der Waals surface area contributed by atoms with Gasteiger partial charge < -0.3 is 5.73 Å². The molecule has 0 aliphatic carbocycles. The van der Waals surface area contributed by atoms with Gasteiger partial charge in [-0.25, -0.2) is 13.2 Å². The Labute approximate surface area is 84.7 Å². The van der Waals surface area contributed by atoms with Crippen LogP contribution in [0.15, 0.2) is 18.2 Å². The van der Waals surface area contributed by atoms with E-state index >= 15 is 0 Å². The second-order valence-electron chi connectivity index (χ2n) is 2.90. The van der Waals surface area contributed by atoms with Gasteiger partial charge >= 0.3 is 0 Å². The maximum Gasteiger partial charge on any atom is 0.240 e. The smallest absolute Gasteiger partial charge is 0.240 e. The van der Waals surface area contributed by atoms with Gasteiger partial charge in [-0.1, -0.05) is 17.7 Å². The first-order valence-electron chi connectivity index (χ1n) is 3.99. The van der Waals surface area contributed by atoms with Crippen LogP contribution in [-0.4, -0.2) is 6.43 Å². The van der Waals surface area contributed by atoms with E-state index in [1.807, 2.05) is 0 Å². The molecule has 0 amide bonds. The molecule has 0 fully saturated rings. The van der Waals surface area contributed by atoms with Gasteiger partial charge in [0, 0.05) is 23.0 Å². The van der Waals surface area contributed by atoms with Gasteiger partial charge in [0.1, 0.15) is 5.82 Å². The van der Waals surface area contributed by atoms with Crippen molar-refractivity contribution in [3.05, 3.63) is 34.6 Å². The van der Waals surface area contributed by atoms with Gasteiger partial charge in [-0.15, -0.1) is 0 Å². The van der Waals surface area contributed by atoms with Gasteiger partial charge in [-0.3, -0.25) is 0 Å². The van der Waals surface area contributed by atoms with Crippen molar-refractivity contribution in [2.75, 3.05) is 0 Å². The number of halogens is 4. The number of hydrogen-bond donors (Lipinski definition) is 1. The van der Waals surface area contributed by atoms with Crippen molar-refractivity contribution in [1.29, 1.82) is 0 Å². The summed E-state index contributed by atoms with van der Waals surface area (Å²) in [5.74, 6) is -0.648. The predicted molar refractivity (Wildman–Crippen MR) is 49.0 cm³/mol. The van der Waals surface area contributed by atoms with Crippen LogP contribution in [0, 0.1) is 5.82 Å². The summed E-state index contributed by atoms with van der Waals surface area (Å²) in [6.07, 6.45) is -3.10. The van der Waals surface area contributed by atoms with Crippen molar-refractivity contribution in [3.63, 3.8) is 0 Å². The highest BCUT2D eigenvalue weighted by atomic mass is 35.5. The van der Waals surface area contributed by atoms with E-state index in [4.69, 9.17) is 17.3 Å². The topological polar surface area (TPSA) is 26.0 Å². The zero-order valence-corrected chi connectivity index (χ0v) is 7.94. The molecule has 0 saturated heterocycles. The van der Waals surface area contributed by atoms with E-state index in [1.165, 1.54) is 12.1 Å². The first kappa shape index (κ1) is 11.3. The molecule has 2 N–H and O–H groups in total. The highest BCUT2D eigenvalue weighted by molar-refractivity contribution is 6.30. The number of alkyl halides is 2. The highest BCUT2D eigenvalue weighted by Gasteiger charge is 2.16. The molecule has 1 nitrogen and oxygen atoms in total. The van der Waals surface area contributed by atoms with Gasteiger partial charge in [0.2, 0.25) is 6.43 Å². The first-order valence-corrected chi connectivity index (χ1v) is 4.37. The van der Waals surface area contributed by atoms with Crippen LogP contribution in [0.25, 0.3) is 0 Å².